The Balaban J connectivity index is 0.000000268. The predicted octanol–water partition coefficient (Wildman–Crippen LogP) is 5.79. The van der Waals surface area contributed by atoms with Gasteiger partial charge in [0.2, 0.25) is 23.6 Å². The Morgan fingerprint density at radius 3 is 1.43 bits per heavy atom. The molecule has 8 rings (SSSR count). The van der Waals surface area contributed by atoms with Gasteiger partial charge in [0.05, 0.1) is 39.7 Å². The summed E-state index contributed by atoms with van der Waals surface area (Å²) in [7, 11) is 0. The van der Waals surface area contributed by atoms with E-state index in [1.807, 2.05) is 0 Å². The lowest BCUT2D eigenvalue weighted by Gasteiger charge is -2.26. The highest BCUT2D eigenvalue weighted by Crippen LogP contribution is 2.29. The van der Waals surface area contributed by atoms with Crippen LogP contribution in [0.1, 0.15) is 114 Å². The van der Waals surface area contributed by atoms with Crippen molar-refractivity contribution in [1.82, 2.24) is 45.3 Å². The normalized spacial score (nSPS) is 12.6. The summed E-state index contributed by atoms with van der Waals surface area (Å²) >= 11 is 11.5. The number of nitrogens with one attached hydrogen (secondary N) is 3. The number of hydrogen-bond acceptors (Lipinski definition) is 11. The van der Waals surface area contributed by atoms with Crippen molar-refractivity contribution in [3.05, 3.63) is 128 Å². The molecule has 2 heterocycles. The third-order valence-electron chi connectivity index (χ3n) is 12.9. The first kappa shape index (κ1) is 62.8. The standard InChI is InChI=1S/C27H30ClFN6O4.C23H23ClFN5O5.C4H9N.CH4/c1-15(2)34(13-22(36)31-12-18-4-3-5-20(28)24(18)29)23(37)14-35-21-9-8-17(27(39)32-11-16-6-7-16)10-19(21)25(33-35)26(30)38;1-12(2)29(10-18(31)27-9-14-4-3-5-16(24)20(14)25)19(32)11-30-17-7-6-13(23(34)35)8-15(17)21(28-30)22(26)33;5-3-4-1-2-4;/h3-5,8-10,15-16H,6-7,11-14H2,1-2H3,(H2,30,38)(H,31,36)(H,32,39);3-8,12H,9-11H2,1-2H3,(H2,26,33)(H,27,31)(H,34,35);4H,1-3,5H2;1H4. The van der Waals surface area contributed by atoms with Crippen LogP contribution < -0.4 is 33.2 Å². The summed E-state index contributed by atoms with van der Waals surface area (Å²) < 4.78 is 30.7. The minimum Gasteiger partial charge on any atom is -0.478 e. The fourth-order valence-electron chi connectivity index (χ4n) is 7.99. The Bertz CT molecular complexity index is 3290. The highest BCUT2D eigenvalue weighted by molar-refractivity contribution is 6.31. The highest BCUT2D eigenvalue weighted by Gasteiger charge is 2.27. The van der Waals surface area contributed by atoms with Crippen molar-refractivity contribution in [3.63, 3.8) is 0 Å². The Kier molecular flexibility index (Phi) is 22.2. The van der Waals surface area contributed by atoms with E-state index < -0.39 is 53.0 Å². The molecule has 21 nitrogen and oxygen atoms in total. The summed E-state index contributed by atoms with van der Waals surface area (Å²) in [4.78, 5) is 102. The number of carboxylic acid groups (broad SMARTS) is 1. The molecule has 2 aliphatic carbocycles. The van der Waals surface area contributed by atoms with Crippen molar-refractivity contribution >= 4 is 92.3 Å². The fourth-order valence-corrected chi connectivity index (χ4v) is 8.37. The largest absolute Gasteiger partial charge is 0.478 e. The number of carbonyl (C=O) groups excluding carboxylic acids is 7. The lowest BCUT2D eigenvalue weighted by molar-refractivity contribution is -0.138. The van der Waals surface area contributed by atoms with Gasteiger partial charge in [-0.2, -0.15) is 10.2 Å². The molecule has 0 atom stereocenters. The molecule has 10 N–H and O–H groups in total. The molecular formula is C55H66Cl2F2N12O9. The van der Waals surface area contributed by atoms with Crippen LogP contribution in [0.5, 0.6) is 0 Å². The van der Waals surface area contributed by atoms with Crippen molar-refractivity contribution in [3.8, 4) is 0 Å². The molecular weight excluding hydrogens is 1080 g/mol. The van der Waals surface area contributed by atoms with Crippen LogP contribution in [0.3, 0.4) is 0 Å². The zero-order chi connectivity index (χ0) is 57.8. The Morgan fingerprint density at radius 2 is 1.06 bits per heavy atom. The van der Waals surface area contributed by atoms with Gasteiger partial charge < -0.3 is 48.1 Å². The van der Waals surface area contributed by atoms with Crippen LogP contribution in [-0.4, -0.2) is 120 Å². The minimum absolute atomic E-state index is 0. The smallest absolute Gasteiger partial charge is 0.335 e. The molecule has 7 amide bonds. The van der Waals surface area contributed by atoms with Gasteiger partial charge in [0.15, 0.2) is 11.4 Å². The van der Waals surface area contributed by atoms with E-state index in [9.17, 15) is 52.2 Å². The van der Waals surface area contributed by atoms with Crippen LogP contribution in [0.4, 0.5) is 8.78 Å². The van der Waals surface area contributed by atoms with Crippen molar-refractivity contribution in [1.29, 1.82) is 0 Å². The van der Waals surface area contributed by atoms with E-state index in [2.05, 4.69) is 26.1 Å². The van der Waals surface area contributed by atoms with Gasteiger partial charge in [-0.25, -0.2) is 13.6 Å². The Morgan fingerprint density at radius 1 is 0.650 bits per heavy atom. The third-order valence-corrected chi connectivity index (χ3v) is 13.4. The summed E-state index contributed by atoms with van der Waals surface area (Å²) in [6.45, 7) is 7.09. The van der Waals surface area contributed by atoms with Crippen molar-refractivity contribution in [2.75, 3.05) is 26.2 Å². The average molecular weight is 1150 g/mol. The third kappa shape index (κ3) is 16.8. The molecule has 0 saturated heterocycles. The van der Waals surface area contributed by atoms with Gasteiger partial charge in [-0.3, -0.25) is 42.9 Å². The topological polar surface area (TPSA) is 313 Å². The lowest BCUT2D eigenvalue weighted by Crippen LogP contribution is -2.45. The first-order valence-corrected chi connectivity index (χ1v) is 26.0. The second kappa shape index (κ2) is 28.2. The number of fused-ring (bicyclic) bond motifs is 2. The molecule has 4 aromatic carbocycles. The summed E-state index contributed by atoms with van der Waals surface area (Å²) in [6, 6.07) is 17.0. The van der Waals surface area contributed by atoms with Crippen molar-refractivity contribution in [2.24, 2.45) is 29.0 Å². The van der Waals surface area contributed by atoms with E-state index in [0.29, 0.717) is 34.4 Å². The van der Waals surface area contributed by atoms with E-state index in [-0.39, 0.29) is 108 Å². The van der Waals surface area contributed by atoms with Gasteiger partial charge in [-0.1, -0.05) is 54.9 Å². The van der Waals surface area contributed by atoms with Gasteiger partial charge in [0, 0.05) is 59.2 Å². The number of aromatic nitrogens is 4. The molecule has 0 spiro atoms. The second-order valence-corrected chi connectivity index (χ2v) is 20.4. The number of amides is 7. The molecule has 2 fully saturated rings. The lowest BCUT2D eigenvalue weighted by atomic mass is 10.1. The van der Waals surface area contributed by atoms with E-state index in [1.165, 1.54) is 80.5 Å². The molecule has 0 bridgehead atoms. The maximum Gasteiger partial charge on any atom is 0.335 e. The van der Waals surface area contributed by atoms with Crippen LogP contribution in [0.2, 0.25) is 10.0 Å². The summed E-state index contributed by atoms with van der Waals surface area (Å²) in [5, 5.41) is 26.0. The Hall–Kier alpha value is -8.02. The molecule has 6 aromatic rings. The molecule has 80 heavy (non-hydrogen) atoms. The molecule has 428 valence electrons. The van der Waals surface area contributed by atoms with E-state index in [1.54, 1.807) is 52.0 Å². The molecule has 0 radical (unpaired) electrons. The average Bonchev–Trinajstić information content (AvgIpc) is 4.49. The van der Waals surface area contributed by atoms with Crippen LogP contribution in [0, 0.1) is 23.5 Å². The van der Waals surface area contributed by atoms with Gasteiger partial charge >= 0.3 is 5.97 Å². The quantitative estimate of drug-likeness (QED) is 0.0450. The molecule has 2 saturated carbocycles. The highest BCUT2D eigenvalue weighted by atomic mass is 35.5. The number of nitrogens with zero attached hydrogens (tertiary/aromatic N) is 6. The number of rotatable bonds is 21. The summed E-state index contributed by atoms with van der Waals surface area (Å²) in [5.41, 5.74) is 17.4. The SMILES string of the molecule is C.CC(C)N(CC(=O)NCc1cccc(Cl)c1F)C(=O)Cn1nc(C(N)=O)c2cc(C(=O)NCC3CC3)ccc21.CC(C)N(CC(=O)NCc1cccc(Cl)c1F)C(=O)Cn1nc(C(N)=O)c2cc(C(=O)O)ccc21.NCC1CC1. The predicted molar refractivity (Wildman–Crippen MR) is 297 cm³/mol. The van der Waals surface area contributed by atoms with Gasteiger partial charge in [-0.15, -0.1) is 0 Å². The first-order valence-electron chi connectivity index (χ1n) is 25.3. The van der Waals surface area contributed by atoms with Crippen LogP contribution in [0.25, 0.3) is 21.8 Å². The minimum atomic E-state index is -1.19. The van der Waals surface area contributed by atoms with E-state index in [0.717, 1.165) is 25.3 Å². The van der Waals surface area contributed by atoms with E-state index in [4.69, 9.17) is 40.4 Å². The Labute approximate surface area is 470 Å². The molecule has 0 aliphatic heterocycles. The zero-order valence-corrected chi connectivity index (χ0v) is 45.4. The molecule has 25 heteroatoms. The summed E-state index contributed by atoms with van der Waals surface area (Å²) in [5.74, 6) is -4.87. The number of halogens is 4. The molecule has 2 aromatic heterocycles. The van der Waals surface area contributed by atoms with Crippen LogP contribution in [0.15, 0.2) is 72.8 Å². The monoisotopic (exact) mass is 1150 g/mol. The number of benzene rings is 4. The number of hydrogen-bond donors (Lipinski definition) is 7. The second-order valence-electron chi connectivity index (χ2n) is 19.6. The first-order chi connectivity index (χ1) is 37.5. The van der Waals surface area contributed by atoms with Crippen molar-refractivity contribution in [2.45, 2.75) is 99.1 Å². The maximum atomic E-state index is 14.1. The number of carbonyl (C=O) groups is 8. The number of aromatic carboxylic acids is 1. The van der Waals surface area contributed by atoms with Gasteiger partial charge in [-0.05, 0) is 120 Å². The van der Waals surface area contributed by atoms with Crippen LogP contribution in [-0.2, 0) is 45.4 Å². The number of primary amides is 2. The number of carboxylic acids is 1. The number of nitrogens with two attached hydrogens (primary N) is 3. The summed E-state index contributed by atoms with van der Waals surface area (Å²) in [6.07, 6.45) is 4.97. The molecule has 2 aliphatic rings. The zero-order valence-electron chi connectivity index (χ0n) is 43.9. The van der Waals surface area contributed by atoms with Gasteiger partial charge in [0.25, 0.3) is 17.7 Å². The molecule has 0 unspecified atom stereocenters. The maximum absolute atomic E-state index is 14.1. The van der Waals surface area contributed by atoms with Gasteiger partial charge in [0.1, 0.15) is 24.7 Å². The fraction of sp³-hybridized carbons (Fsp3) is 0.382. The van der Waals surface area contributed by atoms with E-state index >= 15 is 0 Å². The van der Waals surface area contributed by atoms with Crippen LogP contribution >= 0.6 is 23.2 Å². The van der Waals surface area contributed by atoms with Crippen molar-refractivity contribution < 1.29 is 52.2 Å².